The lowest BCUT2D eigenvalue weighted by atomic mass is 10.1. The number of hydrogen-bond acceptors (Lipinski definition) is 5. The topological polar surface area (TPSA) is 77.1 Å². The standard InChI is InChI=1S/C16H20F3N5O2/c1-9(2)15-21-20-12(26-15)4-5-14(25)23-7-6-11(16(17,18)19)24-13(23)8-10(3)22-24/h8-9,11H,4-7H2,1-3H3. The van der Waals surface area contributed by atoms with Crippen molar-refractivity contribution in [3.8, 4) is 0 Å². The maximum Gasteiger partial charge on any atom is 0.410 e. The van der Waals surface area contributed by atoms with Crippen LogP contribution in [0.5, 0.6) is 0 Å². The molecule has 1 aliphatic rings. The number of carbonyl (C=O) groups excluding carboxylic acids is 1. The first-order valence-corrected chi connectivity index (χ1v) is 8.42. The van der Waals surface area contributed by atoms with E-state index in [2.05, 4.69) is 15.3 Å². The molecule has 0 fully saturated rings. The van der Waals surface area contributed by atoms with Crippen LogP contribution >= 0.6 is 0 Å². The number of hydrogen-bond donors (Lipinski definition) is 0. The number of fused-ring (bicyclic) bond motifs is 1. The van der Waals surface area contributed by atoms with Crippen LogP contribution in [0.25, 0.3) is 0 Å². The minimum Gasteiger partial charge on any atom is -0.425 e. The number of amides is 1. The Kier molecular flexibility index (Phi) is 4.76. The lowest BCUT2D eigenvalue weighted by Gasteiger charge is -2.33. The quantitative estimate of drug-likeness (QED) is 0.825. The molecule has 0 saturated carbocycles. The van der Waals surface area contributed by atoms with Crippen LogP contribution in [-0.4, -0.2) is 38.6 Å². The zero-order chi connectivity index (χ0) is 19.1. The van der Waals surface area contributed by atoms with Gasteiger partial charge in [-0.3, -0.25) is 9.69 Å². The molecule has 0 N–H and O–H groups in total. The van der Waals surface area contributed by atoms with Crippen LogP contribution in [-0.2, 0) is 11.2 Å². The van der Waals surface area contributed by atoms with Crippen LogP contribution in [0.2, 0.25) is 0 Å². The van der Waals surface area contributed by atoms with Crippen LogP contribution in [0.3, 0.4) is 0 Å². The van der Waals surface area contributed by atoms with E-state index in [1.165, 1.54) is 11.0 Å². The van der Waals surface area contributed by atoms with Crippen molar-refractivity contribution in [2.45, 2.75) is 58.2 Å². The lowest BCUT2D eigenvalue weighted by molar-refractivity contribution is -0.173. The number of aryl methyl sites for hydroxylation is 2. The van der Waals surface area contributed by atoms with E-state index in [4.69, 9.17) is 4.42 Å². The fourth-order valence-corrected chi connectivity index (χ4v) is 2.93. The average molecular weight is 371 g/mol. The summed E-state index contributed by atoms with van der Waals surface area (Å²) in [4.78, 5) is 13.9. The molecule has 7 nitrogen and oxygen atoms in total. The van der Waals surface area contributed by atoms with Gasteiger partial charge in [-0.05, 0) is 13.3 Å². The van der Waals surface area contributed by atoms with Gasteiger partial charge in [-0.1, -0.05) is 13.8 Å². The molecule has 1 aliphatic heterocycles. The fourth-order valence-electron chi connectivity index (χ4n) is 2.93. The third kappa shape index (κ3) is 3.58. The van der Waals surface area contributed by atoms with Gasteiger partial charge < -0.3 is 4.42 Å². The van der Waals surface area contributed by atoms with Crippen LogP contribution in [0.1, 0.15) is 56.1 Å². The molecule has 1 atom stereocenters. The highest BCUT2D eigenvalue weighted by Gasteiger charge is 2.46. The molecular formula is C16H20F3N5O2. The molecule has 0 aromatic carbocycles. The molecule has 0 saturated heterocycles. The SMILES string of the molecule is Cc1cc2n(n1)C(C(F)(F)F)CCN2C(=O)CCc1nnc(C(C)C)o1. The van der Waals surface area contributed by atoms with Gasteiger partial charge in [-0.2, -0.15) is 18.3 Å². The van der Waals surface area contributed by atoms with Crippen LogP contribution in [0.4, 0.5) is 19.0 Å². The van der Waals surface area contributed by atoms with Crippen molar-refractivity contribution in [2.75, 3.05) is 11.4 Å². The third-order valence-electron chi connectivity index (χ3n) is 4.24. The molecule has 0 radical (unpaired) electrons. The van der Waals surface area contributed by atoms with Crippen molar-refractivity contribution in [1.82, 2.24) is 20.0 Å². The first-order valence-electron chi connectivity index (χ1n) is 8.42. The predicted molar refractivity (Wildman–Crippen MR) is 85.7 cm³/mol. The summed E-state index contributed by atoms with van der Waals surface area (Å²) < 4.78 is 46.0. The molecule has 3 heterocycles. The van der Waals surface area contributed by atoms with Gasteiger partial charge in [0, 0.05) is 31.4 Å². The molecule has 0 spiro atoms. The molecule has 1 unspecified atom stereocenters. The molecule has 142 valence electrons. The molecule has 3 rings (SSSR count). The summed E-state index contributed by atoms with van der Waals surface area (Å²) >= 11 is 0. The van der Waals surface area contributed by atoms with Gasteiger partial charge in [0.05, 0.1) is 5.69 Å². The van der Waals surface area contributed by atoms with E-state index in [1.807, 2.05) is 13.8 Å². The minimum atomic E-state index is -4.40. The Morgan fingerprint density at radius 2 is 2.12 bits per heavy atom. The molecule has 2 aromatic heterocycles. The van der Waals surface area contributed by atoms with Gasteiger partial charge >= 0.3 is 6.18 Å². The smallest absolute Gasteiger partial charge is 0.410 e. The molecule has 0 aliphatic carbocycles. The highest BCUT2D eigenvalue weighted by Crippen LogP contribution is 2.39. The molecule has 0 bridgehead atoms. The number of carbonyl (C=O) groups is 1. The van der Waals surface area contributed by atoms with Crippen molar-refractivity contribution in [3.05, 3.63) is 23.5 Å². The van der Waals surface area contributed by atoms with Gasteiger partial charge in [0.15, 0.2) is 6.04 Å². The maximum absolute atomic E-state index is 13.2. The van der Waals surface area contributed by atoms with Gasteiger partial charge in [0.2, 0.25) is 17.7 Å². The molecule has 1 amide bonds. The number of halogens is 3. The number of nitrogens with zero attached hydrogens (tertiary/aromatic N) is 5. The van der Waals surface area contributed by atoms with E-state index in [0.29, 0.717) is 17.5 Å². The van der Waals surface area contributed by atoms with Crippen molar-refractivity contribution in [3.63, 3.8) is 0 Å². The first kappa shape index (κ1) is 18.4. The second-order valence-corrected chi connectivity index (χ2v) is 6.67. The Morgan fingerprint density at radius 3 is 2.73 bits per heavy atom. The maximum atomic E-state index is 13.2. The zero-order valence-electron chi connectivity index (χ0n) is 14.7. The molecular weight excluding hydrogens is 351 g/mol. The normalized spacial score (nSPS) is 17.7. The minimum absolute atomic E-state index is 0.00474. The molecule has 2 aromatic rings. The van der Waals surface area contributed by atoms with Crippen molar-refractivity contribution in [2.24, 2.45) is 0 Å². The summed E-state index contributed by atoms with van der Waals surface area (Å²) in [5, 5.41) is 11.7. The summed E-state index contributed by atoms with van der Waals surface area (Å²) in [5.41, 5.74) is 0.437. The van der Waals surface area contributed by atoms with Crippen molar-refractivity contribution >= 4 is 11.7 Å². The number of anilines is 1. The van der Waals surface area contributed by atoms with E-state index < -0.39 is 12.2 Å². The Morgan fingerprint density at radius 1 is 1.38 bits per heavy atom. The van der Waals surface area contributed by atoms with E-state index in [9.17, 15) is 18.0 Å². The predicted octanol–water partition coefficient (Wildman–Crippen LogP) is 3.17. The Labute approximate surface area is 148 Å². The van der Waals surface area contributed by atoms with Gasteiger partial charge in [0.25, 0.3) is 0 Å². The zero-order valence-corrected chi connectivity index (χ0v) is 14.7. The van der Waals surface area contributed by atoms with Crippen LogP contribution < -0.4 is 4.90 Å². The highest BCUT2D eigenvalue weighted by atomic mass is 19.4. The summed E-state index contributed by atoms with van der Waals surface area (Å²) in [6.45, 7) is 5.43. The number of alkyl halides is 3. The summed E-state index contributed by atoms with van der Waals surface area (Å²) in [7, 11) is 0. The van der Waals surface area contributed by atoms with E-state index in [0.717, 1.165) is 4.68 Å². The molecule has 26 heavy (non-hydrogen) atoms. The molecule has 10 heteroatoms. The van der Waals surface area contributed by atoms with Gasteiger partial charge in [-0.25, -0.2) is 4.68 Å². The number of rotatable bonds is 4. The monoisotopic (exact) mass is 371 g/mol. The lowest BCUT2D eigenvalue weighted by Crippen LogP contribution is -2.43. The van der Waals surface area contributed by atoms with E-state index in [-0.39, 0.29) is 43.5 Å². The number of aromatic nitrogens is 4. The van der Waals surface area contributed by atoms with Crippen molar-refractivity contribution in [1.29, 1.82) is 0 Å². The second-order valence-electron chi connectivity index (χ2n) is 6.67. The van der Waals surface area contributed by atoms with Gasteiger partial charge in [0.1, 0.15) is 5.82 Å². The average Bonchev–Trinajstić information content (AvgIpc) is 3.16. The summed E-state index contributed by atoms with van der Waals surface area (Å²) in [6, 6.07) is -0.209. The highest BCUT2D eigenvalue weighted by molar-refractivity contribution is 5.92. The fraction of sp³-hybridized carbons (Fsp3) is 0.625. The summed E-state index contributed by atoms with van der Waals surface area (Å²) in [6.07, 6.45) is -4.31. The van der Waals surface area contributed by atoms with E-state index >= 15 is 0 Å². The summed E-state index contributed by atoms with van der Waals surface area (Å²) in [5.74, 6) is 0.806. The Hall–Kier alpha value is -2.39. The van der Waals surface area contributed by atoms with Gasteiger partial charge in [-0.15, -0.1) is 10.2 Å². The Bertz CT molecular complexity index is 796. The first-order chi connectivity index (χ1) is 12.2. The Balaban J connectivity index is 1.73. The van der Waals surface area contributed by atoms with Crippen LogP contribution in [0, 0.1) is 6.92 Å². The van der Waals surface area contributed by atoms with E-state index in [1.54, 1.807) is 6.92 Å². The third-order valence-corrected chi connectivity index (χ3v) is 4.24. The largest absolute Gasteiger partial charge is 0.425 e. The van der Waals surface area contributed by atoms with Crippen molar-refractivity contribution < 1.29 is 22.4 Å². The second kappa shape index (κ2) is 6.73. The van der Waals surface area contributed by atoms with Crippen LogP contribution in [0.15, 0.2) is 10.5 Å².